The SMILES string of the molecule is CC(C)Nc1cc(Nc2ccnc(-c3cnn(S(=O)(=O)C4CC4)c3)n2)ncc1C(=O)NC1CCN(S(C)(=O)=O)CC1. The first-order valence-electron chi connectivity index (χ1n) is 13.3. The molecule has 2 aliphatic rings. The molecule has 0 bridgehead atoms. The summed E-state index contributed by atoms with van der Waals surface area (Å²) in [7, 11) is -6.75. The molecular formula is C25H33N9O5S2. The van der Waals surface area contributed by atoms with Crippen LogP contribution < -0.4 is 16.0 Å². The quantitative estimate of drug-likeness (QED) is 0.307. The largest absolute Gasteiger partial charge is 0.382 e. The standard InChI is InChI=1S/C25H33N9O5S2/c1-16(2)29-21-12-23(27-14-20(21)25(35)30-18-7-10-33(11-8-18)40(3,36)37)31-22-6-9-26-24(32-22)17-13-28-34(15-17)41(38,39)19-4-5-19/h6,9,12-16,18-19H,4-5,7-8,10-11H2,1-3H3,(H,30,35)(H2,26,27,29,31,32). The van der Waals surface area contributed by atoms with E-state index in [1.165, 1.54) is 29.2 Å². The van der Waals surface area contributed by atoms with E-state index in [0.29, 0.717) is 73.0 Å². The predicted octanol–water partition coefficient (Wildman–Crippen LogP) is 1.79. The Labute approximate surface area is 239 Å². The van der Waals surface area contributed by atoms with Crippen molar-refractivity contribution in [1.29, 1.82) is 0 Å². The van der Waals surface area contributed by atoms with Crippen molar-refractivity contribution in [2.24, 2.45) is 0 Å². The number of pyridine rings is 1. The number of hydrogen-bond acceptors (Lipinski definition) is 11. The number of piperidine rings is 1. The van der Waals surface area contributed by atoms with E-state index in [2.05, 4.69) is 36.0 Å². The zero-order valence-corrected chi connectivity index (χ0v) is 24.6. The summed E-state index contributed by atoms with van der Waals surface area (Å²) >= 11 is 0. The predicted molar refractivity (Wildman–Crippen MR) is 154 cm³/mol. The lowest BCUT2D eigenvalue weighted by Crippen LogP contribution is -2.46. The molecule has 2 fully saturated rings. The number of nitrogens with zero attached hydrogens (tertiary/aromatic N) is 6. The van der Waals surface area contributed by atoms with Crippen LogP contribution >= 0.6 is 0 Å². The van der Waals surface area contributed by atoms with Crippen LogP contribution in [-0.2, 0) is 20.0 Å². The molecule has 4 heterocycles. The Morgan fingerprint density at radius 2 is 1.76 bits per heavy atom. The van der Waals surface area contributed by atoms with Crippen LogP contribution in [0.3, 0.4) is 0 Å². The third kappa shape index (κ3) is 6.82. The van der Waals surface area contributed by atoms with Crippen molar-refractivity contribution in [3.8, 4) is 11.4 Å². The fraction of sp³-hybridized carbons (Fsp3) is 0.480. The van der Waals surface area contributed by atoms with Crippen molar-refractivity contribution in [2.45, 2.75) is 56.9 Å². The molecule has 1 aliphatic heterocycles. The summed E-state index contributed by atoms with van der Waals surface area (Å²) in [6.07, 6.45) is 9.37. The molecule has 41 heavy (non-hydrogen) atoms. The van der Waals surface area contributed by atoms with Crippen molar-refractivity contribution >= 4 is 43.3 Å². The Hall–Kier alpha value is -3.63. The summed E-state index contributed by atoms with van der Waals surface area (Å²) in [5.74, 6) is 0.853. The molecule has 0 spiro atoms. The molecule has 0 radical (unpaired) electrons. The number of carbonyl (C=O) groups excluding carboxylic acids is 1. The van der Waals surface area contributed by atoms with Crippen molar-refractivity contribution in [1.82, 2.24) is 33.8 Å². The Kier molecular flexibility index (Phi) is 7.98. The van der Waals surface area contributed by atoms with Gasteiger partial charge in [0.05, 0.1) is 40.7 Å². The summed E-state index contributed by atoms with van der Waals surface area (Å²) in [5, 5.41) is 13.0. The highest BCUT2D eigenvalue weighted by atomic mass is 32.2. The molecule has 0 atom stereocenters. The number of hydrogen-bond donors (Lipinski definition) is 3. The van der Waals surface area contributed by atoms with Gasteiger partial charge in [-0.05, 0) is 45.6 Å². The van der Waals surface area contributed by atoms with Gasteiger partial charge in [0.25, 0.3) is 15.9 Å². The van der Waals surface area contributed by atoms with Crippen LogP contribution in [0.5, 0.6) is 0 Å². The minimum absolute atomic E-state index is 0.0314. The van der Waals surface area contributed by atoms with Gasteiger partial charge in [-0.25, -0.2) is 36.1 Å². The number of amides is 1. The van der Waals surface area contributed by atoms with E-state index in [1.807, 2.05) is 13.8 Å². The highest BCUT2D eigenvalue weighted by molar-refractivity contribution is 7.90. The topological polar surface area (TPSA) is 181 Å². The molecule has 0 unspecified atom stereocenters. The lowest BCUT2D eigenvalue weighted by atomic mass is 10.1. The Balaban J connectivity index is 1.30. The second-order valence-electron chi connectivity index (χ2n) is 10.6. The number of sulfonamides is 1. The van der Waals surface area contributed by atoms with E-state index in [1.54, 1.807) is 18.3 Å². The highest BCUT2D eigenvalue weighted by Crippen LogP contribution is 2.30. The maximum Gasteiger partial charge on any atom is 0.256 e. The molecule has 3 N–H and O–H groups in total. The van der Waals surface area contributed by atoms with Crippen LogP contribution in [0.2, 0.25) is 0 Å². The average molecular weight is 604 g/mol. The van der Waals surface area contributed by atoms with Crippen LogP contribution in [0.25, 0.3) is 11.4 Å². The number of nitrogens with one attached hydrogen (secondary N) is 3. The van der Waals surface area contributed by atoms with Crippen molar-refractivity contribution < 1.29 is 21.6 Å². The van der Waals surface area contributed by atoms with Crippen molar-refractivity contribution in [2.75, 3.05) is 30.0 Å². The Morgan fingerprint density at radius 1 is 1.02 bits per heavy atom. The minimum atomic E-state index is -3.50. The number of carbonyl (C=O) groups is 1. The average Bonchev–Trinajstić information content (AvgIpc) is 3.65. The molecular weight excluding hydrogens is 570 g/mol. The molecule has 1 amide bonds. The third-order valence-corrected chi connectivity index (χ3v) is 10.1. The summed E-state index contributed by atoms with van der Waals surface area (Å²) in [6, 6.07) is 3.25. The van der Waals surface area contributed by atoms with E-state index in [9.17, 15) is 21.6 Å². The fourth-order valence-electron chi connectivity index (χ4n) is 4.51. The number of rotatable bonds is 10. The molecule has 1 aliphatic carbocycles. The van der Waals surface area contributed by atoms with E-state index in [-0.39, 0.29) is 23.2 Å². The third-order valence-electron chi connectivity index (χ3n) is 6.79. The van der Waals surface area contributed by atoms with Crippen LogP contribution in [0.4, 0.5) is 17.3 Å². The second-order valence-corrected chi connectivity index (χ2v) is 14.6. The van der Waals surface area contributed by atoms with Gasteiger partial charge >= 0.3 is 0 Å². The molecule has 5 rings (SSSR count). The highest BCUT2D eigenvalue weighted by Gasteiger charge is 2.37. The van der Waals surface area contributed by atoms with Gasteiger partial charge in [0.1, 0.15) is 11.6 Å². The Bertz CT molecular complexity index is 1640. The van der Waals surface area contributed by atoms with Crippen LogP contribution in [0.15, 0.2) is 36.9 Å². The molecule has 220 valence electrons. The van der Waals surface area contributed by atoms with E-state index in [0.717, 1.165) is 4.09 Å². The van der Waals surface area contributed by atoms with Gasteiger partial charge in [-0.3, -0.25) is 4.79 Å². The first kappa shape index (κ1) is 28.9. The van der Waals surface area contributed by atoms with Gasteiger partial charge in [0, 0.05) is 43.6 Å². The van der Waals surface area contributed by atoms with Gasteiger partial charge in [-0.1, -0.05) is 0 Å². The fourth-order valence-corrected chi connectivity index (χ4v) is 6.86. The first-order chi connectivity index (χ1) is 19.4. The Morgan fingerprint density at radius 3 is 2.41 bits per heavy atom. The van der Waals surface area contributed by atoms with Crippen molar-refractivity contribution in [3.63, 3.8) is 0 Å². The van der Waals surface area contributed by atoms with E-state index >= 15 is 0 Å². The molecule has 0 aromatic carbocycles. The molecule has 14 nitrogen and oxygen atoms in total. The van der Waals surface area contributed by atoms with Crippen molar-refractivity contribution in [3.05, 3.63) is 42.5 Å². The molecule has 16 heteroatoms. The zero-order valence-electron chi connectivity index (χ0n) is 23.0. The summed E-state index contributed by atoms with van der Waals surface area (Å²) in [5.41, 5.74) is 1.40. The van der Waals surface area contributed by atoms with E-state index < -0.39 is 20.0 Å². The van der Waals surface area contributed by atoms with Gasteiger partial charge in [0.2, 0.25) is 10.0 Å². The lowest BCUT2D eigenvalue weighted by molar-refractivity contribution is 0.0924. The van der Waals surface area contributed by atoms with E-state index in [4.69, 9.17) is 0 Å². The summed E-state index contributed by atoms with van der Waals surface area (Å²) < 4.78 is 50.9. The number of aromatic nitrogens is 5. The minimum Gasteiger partial charge on any atom is -0.382 e. The van der Waals surface area contributed by atoms with Crippen LogP contribution in [0, 0.1) is 0 Å². The molecule has 1 saturated carbocycles. The maximum atomic E-state index is 13.2. The monoisotopic (exact) mass is 603 g/mol. The lowest BCUT2D eigenvalue weighted by Gasteiger charge is -2.30. The molecule has 3 aromatic heterocycles. The molecule has 3 aromatic rings. The zero-order chi connectivity index (χ0) is 29.4. The smallest absolute Gasteiger partial charge is 0.256 e. The van der Waals surface area contributed by atoms with Crippen LogP contribution in [-0.4, -0.2) is 87.9 Å². The van der Waals surface area contributed by atoms with Gasteiger partial charge in [0.15, 0.2) is 5.82 Å². The summed E-state index contributed by atoms with van der Waals surface area (Å²) in [6.45, 7) is 4.63. The normalized spacial score (nSPS) is 17.0. The maximum absolute atomic E-state index is 13.2. The van der Waals surface area contributed by atoms with Gasteiger partial charge in [-0.15, -0.1) is 0 Å². The van der Waals surface area contributed by atoms with Gasteiger partial charge in [-0.2, -0.15) is 9.19 Å². The van der Waals surface area contributed by atoms with Gasteiger partial charge < -0.3 is 16.0 Å². The first-order valence-corrected chi connectivity index (χ1v) is 16.7. The number of anilines is 3. The molecule has 1 saturated heterocycles. The second kappa shape index (κ2) is 11.3. The van der Waals surface area contributed by atoms with Crippen LogP contribution in [0.1, 0.15) is 49.9 Å². The summed E-state index contributed by atoms with van der Waals surface area (Å²) in [4.78, 5) is 26.3.